The number of rotatable bonds is 5. The van der Waals surface area contributed by atoms with E-state index in [1.165, 1.54) is 12.3 Å². The van der Waals surface area contributed by atoms with Crippen LogP contribution in [-0.4, -0.2) is 48.6 Å². The highest BCUT2D eigenvalue weighted by atomic mass is 32.2. The summed E-state index contributed by atoms with van der Waals surface area (Å²) in [6.07, 6.45) is 3.27. The largest absolute Gasteiger partial charge is 0.314 e. The molecule has 108 valence electrons. The minimum atomic E-state index is -3.39. The standard InChI is InChI=1S/C12H22N4O2S/c1-3-13-10(2)11-5-8-16(9-6-11)19(17,18)12-4-7-14-15-12/h4,7,10-11,13H,3,5-6,8-9H2,1-2H3,(H,14,15). The number of hydrogen-bond donors (Lipinski definition) is 2. The lowest BCUT2D eigenvalue weighted by Gasteiger charge is -2.34. The predicted molar refractivity (Wildman–Crippen MR) is 73.2 cm³/mol. The molecule has 1 fully saturated rings. The van der Waals surface area contributed by atoms with Gasteiger partial charge >= 0.3 is 0 Å². The minimum Gasteiger partial charge on any atom is -0.314 e. The number of piperidine rings is 1. The molecule has 1 unspecified atom stereocenters. The number of sulfonamides is 1. The van der Waals surface area contributed by atoms with Gasteiger partial charge in [-0.15, -0.1) is 0 Å². The Bertz CT molecular complexity index is 478. The summed E-state index contributed by atoms with van der Waals surface area (Å²) < 4.78 is 26.1. The van der Waals surface area contributed by atoms with Crippen LogP contribution in [-0.2, 0) is 10.0 Å². The van der Waals surface area contributed by atoms with Crippen LogP contribution in [0.15, 0.2) is 17.3 Å². The van der Waals surface area contributed by atoms with Gasteiger partial charge in [0.25, 0.3) is 10.0 Å². The van der Waals surface area contributed by atoms with E-state index in [0.717, 1.165) is 19.4 Å². The van der Waals surface area contributed by atoms with Crippen molar-refractivity contribution >= 4 is 10.0 Å². The van der Waals surface area contributed by atoms with Crippen LogP contribution in [0.2, 0.25) is 0 Å². The number of nitrogens with zero attached hydrogens (tertiary/aromatic N) is 2. The van der Waals surface area contributed by atoms with Crippen LogP contribution in [0.25, 0.3) is 0 Å². The number of aromatic amines is 1. The quantitative estimate of drug-likeness (QED) is 0.839. The second-order valence-electron chi connectivity index (χ2n) is 5.01. The number of H-pyrrole nitrogens is 1. The molecule has 0 aromatic carbocycles. The van der Waals surface area contributed by atoms with Crippen molar-refractivity contribution in [2.45, 2.75) is 37.8 Å². The first-order valence-electron chi connectivity index (χ1n) is 6.78. The molecule has 2 N–H and O–H groups in total. The molecule has 0 amide bonds. The van der Waals surface area contributed by atoms with Crippen LogP contribution in [0.5, 0.6) is 0 Å². The molecule has 0 bridgehead atoms. The fraction of sp³-hybridized carbons (Fsp3) is 0.750. The van der Waals surface area contributed by atoms with E-state index in [0.29, 0.717) is 25.0 Å². The molecule has 6 nitrogen and oxygen atoms in total. The molecular weight excluding hydrogens is 264 g/mol. The molecule has 1 aliphatic rings. The van der Waals surface area contributed by atoms with Crippen molar-refractivity contribution in [3.8, 4) is 0 Å². The van der Waals surface area contributed by atoms with Crippen molar-refractivity contribution in [1.29, 1.82) is 0 Å². The Morgan fingerprint density at radius 2 is 2.21 bits per heavy atom. The van der Waals surface area contributed by atoms with E-state index in [4.69, 9.17) is 0 Å². The molecule has 1 saturated heterocycles. The molecule has 1 aromatic rings. The SMILES string of the molecule is CCNC(C)C1CCN(S(=O)(=O)c2ccn[nH]2)CC1. The van der Waals surface area contributed by atoms with Gasteiger partial charge in [0.15, 0.2) is 5.03 Å². The Kier molecular flexibility index (Phi) is 4.59. The predicted octanol–water partition coefficient (Wildman–Crippen LogP) is 0.808. The Morgan fingerprint density at radius 1 is 1.53 bits per heavy atom. The zero-order valence-electron chi connectivity index (χ0n) is 11.5. The molecule has 2 rings (SSSR count). The van der Waals surface area contributed by atoms with E-state index < -0.39 is 10.0 Å². The lowest BCUT2D eigenvalue weighted by molar-refractivity contribution is 0.232. The summed E-state index contributed by atoms with van der Waals surface area (Å²) in [5.41, 5.74) is 0. The minimum absolute atomic E-state index is 0.186. The van der Waals surface area contributed by atoms with E-state index in [1.807, 2.05) is 0 Å². The first-order chi connectivity index (χ1) is 9.05. The van der Waals surface area contributed by atoms with Gasteiger partial charge in [-0.2, -0.15) is 9.40 Å². The maximum Gasteiger partial charge on any atom is 0.259 e. The van der Waals surface area contributed by atoms with Crippen molar-refractivity contribution in [1.82, 2.24) is 19.8 Å². The van der Waals surface area contributed by atoms with Crippen LogP contribution >= 0.6 is 0 Å². The van der Waals surface area contributed by atoms with Gasteiger partial charge in [0.05, 0.1) is 6.20 Å². The molecule has 0 radical (unpaired) electrons. The van der Waals surface area contributed by atoms with E-state index in [9.17, 15) is 8.42 Å². The van der Waals surface area contributed by atoms with Gasteiger partial charge in [0, 0.05) is 19.1 Å². The molecule has 7 heteroatoms. The summed E-state index contributed by atoms with van der Waals surface area (Å²) in [5.74, 6) is 0.549. The first-order valence-corrected chi connectivity index (χ1v) is 8.22. The zero-order valence-corrected chi connectivity index (χ0v) is 12.3. The van der Waals surface area contributed by atoms with Crippen molar-refractivity contribution in [2.24, 2.45) is 5.92 Å². The molecule has 1 aliphatic heterocycles. The van der Waals surface area contributed by atoms with Crippen LogP contribution in [0.4, 0.5) is 0 Å². The van der Waals surface area contributed by atoms with Gasteiger partial charge < -0.3 is 5.32 Å². The highest BCUT2D eigenvalue weighted by Gasteiger charge is 2.31. The molecule has 1 atom stereocenters. The average Bonchev–Trinajstić information content (AvgIpc) is 2.94. The summed E-state index contributed by atoms with van der Waals surface area (Å²) >= 11 is 0. The maximum absolute atomic E-state index is 12.3. The molecule has 1 aromatic heterocycles. The van der Waals surface area contributed by atoms with Crippen molar-refractivity contribution < 1.29 is 8.42 Å². The van der Waals surface area contributed by atoms with Gasteiger partial charge in [-0.25, -0.2) is 8.42 Å². The summed E-state index contributed by atoms with van der Waals surface area (Å²) in [5, 5.41) is 9.84. The summed E-state index contributed by atoms with van der Waals surface area (Å²) in [6, 6.07) is 1.95. The normalized spacial score (nSPS) is 20.5. The topological polar surface area (TPSA) is 78.1 Å². The van der Waals surface area contributed by atoms with Crippen LogP contribution in [0.3, 0.4) is 0 Å². The summed E-state index contributed by atoms with van der Waals surface area (Å²) in [6.45, 7) is 6.39. The van der Waals surface area contributed by atoms with Gasteiger partial charge in [0.1, 0.15) is 0 Å². The average molecular weight is 286 g/mol. The zero-order chi connectivity index (χ0) is 13.9. The third-order valence-corrected chi connectivity index (χ3v) is 5.65. The fourth-order valence-corrected chi connectivity index (χ4v) is 4.00. The molecule has 0 aliphatic carbocycles. The second kappa shape index (κ2) is 6.02. The number of hydrogen-bond acceptors (Lipinski definition) is 4. The summed E-state index contributed by atoms with van der Waals surface area (Å²) in [4.78, 5) is 0. The molecule has 19 heavy (non-hydrogen) atoms. The van der Waals surface area contributed by atoms with Gasteiger partial charge in [-0.05, 0) is 38.3 Å². The summed E-state index contributed by atoms with van der Waals surface area (Å²) in [7, 11) is -3.39. The Morgan fingerprint density at radius 3 is 2.74 bits per heavy atom. The fourth-order valence-electron chi connectivity index (χ4n) is 2.63. The van der Waals surface area contributed by atoms with Crippen molar-refractivity contribution in [2.75, 3.05) is 19.6 Å². The first kappa shape index (κ1) is 14.5. The van der Waals surface area contributed by atoms with Gasteiger partial charge in [-0.3, -0.25) is 5.10 Å². The molecule has 0 saturated carbocycles. The highest BCUT2D eigenvalue weighted by Crippen LogP contribution is 2.24. The lowest BCUT2D eigenvalue weighted by Crippen LogP contribution is -2.44. The van der Waals surface area contributed by atoms with Crippen molar-refractivity contribution in [3.05, 3.63) is 12.3 Å². The van der Waals surface area contributed by atoms with E-state index in [2.05, 4.69) is 29.4 Å². The van der Waals surface area contributed by atoms with E-state index in [1.54, 1.807) is 4.31 Å². The van der Waals surface area contributed by atoms with Gasteiger partial charge in [0.2, 0.25) is 0 Å². The molecular formula is C12H22N4O2S. The lowest BCUT2D eigenvalue weighted by atomic mass is 9.91. The van der Waals surface area contributed by atoms with Crippen LogP contribution in [0, 0.1) is 5.92 Å². The molecule has 0 spiro atoms. The third-order valence-electron chi connectivity index (χ3n) is 3.82. The van der Waals surface area contributed by atoms with Crippen LogP contribution in [0.1, 0.15) is 26.7 Å². The Labute approximate surface area is 114 Å². The monoisotopic (exact) mass is 286 g/mol. The highest BCUT2D eigenvalue weighted by molar-refractivity contribution is 7.89. The van der Waals surface area contributed by atoms with Gasteiger partial charge in [-0.1, -0.05) is 6.92 Å². The number of aromatic nitrogens is 2. The second-order valence-corrected chi connectivity index (χ2v) is 6.92. The van der Waals surface area contributed by atoms with E-state index in [-0.39, 0.29) is 5.03 Å². The smallest absolute Gasteiger partial charge is 0.259 e. The number of nitrogens with one attached hydrogen (secondary N) is 2. The third kappa shape index (κ3) is 3.16. The van der Waals surface area contributed by atoms with E-state index >= 15 is 0 Å². The maximum atomic E-state index is 12.3. The molecule has 2 heterocycles. The Hall–Kier alpha value is -0.920. The Balaban J connectivity index is 1.97. The van der Waals surface area contributed by atoms with Crippen LogP contribution < -0.4 is 5.32 Å². The van der Waals surface area contributed by atoms with Crippen molar-refractivity contribution in [3.63, 3.8) is 0 Å².